The molecule has 0 unspecified atom stereocenters. The Bertz CT molecular complexity index is 265. The highest BCUT2D eigenvalue weighted by Gasteiger charge is 2.45. The molecule has 1 saturated heterocycles. The van der Waals surface area contributed by atoms with E-state index in [0.29, 0.717) is 18.0 Å². The van der Waals surface area contributed by atoms with E-state index in [4.69, 9.17) is 4.74 Å². The van der Waals surface area contributed by atoms with E-state index in [9.17, 15) is 4.79 Å². The number of ether oxygens (including phenoxy) is 1. The zero-order valence-corrected chi connectivity index (χ0v) is 10.6. The van der Waals surface area contributed by atoms with Gasteiger partial charge >= 0.3 is 6.09 Å². The second-order valence-corrected chi connectivity index (χ2v) is 5.93. The minimum absolute atomic E-state index is 0.196. The van der Waals surface area contributed by atoms with Gasteiger partial charge in [-0.15, -0.1) is 0 Å². The number of carbonyl (C=O) groups is 1. The molecule has 2 fully saturated rings. The lowest BCUT2D eigenvalue weighted by Crippen LogP contribution is -2.45. The van der Waals surface area contributed by atoms with Gasteiger partial charge in [0.05, 0.1) is 6.04 Å². The molecule has 2 aliphatic rings. The summed E-state index contributed by atoms with van der Waals surface area (Å²) >= 11 is 0. The molecule has 1 aliphatic heterocycles. The fraction of sp³-hybridized carbons (Fsp3) is 0.917. The Morgan fingerprint density at radius 3 is 2.44 bits per heavy atom. The third-order valence-electron chi connectivity index (χ3n) is 3.51. The molecule has 2 rings (SSSR count). The van der Waals surface area contributed by atoms with Crippen LogP contribution in [0.25, 0.3) is 0 Å². The van der Waals surface area contributed by atoms with Crippen LogP contribution in [0.5, 0.6) is 0 Å². The van der Waals surface area contributed by atoms with Crippen LogP contribution in [0.1, 0.15) is 33.6 Å². The van der Waals surface area contributed by atoms with Crippen LogP contribution in [0.3, 0.4) is 0 Å². The van der Waals surface area contributed by atoms with Crippen molar-refractivity contribution in [3.05, 3.63) is 0 Å². The molecule has 0 aromatic carbocycles. The van der Waals surface area contributed by atoms with E-state index in [2.05, 4.69) is 5.32 Å². The zero-order valence-electron chi connectivity index (χ0n) is 10.6. The predicted molar refractivity (Wildman–Crippen MR) is 62.3 cm³/mol. The van der Waals surface area contributed by atoms with Gasteiger partial charge in [0.25, 0.3) is 0 Å². The highest BCUT2D eigenvalue weighted by atomic mass is 16.6. The Hall–Kier alpha value is -0.770. The van der Waals surface area contributed by atoms with Crippen molar-refractivity contribution in [3.63, 3.8) is 0 Å². The maximum absolute atomic E-state index is 11.9. The molecule has 1 heterocycles. The lowest BCUT2D eigenvalue weighted by atomic mass is 10.1. The molecule has 4 nitrogen and oxygen atoms in total. The number of nitrogens with zero attached hydrogens (tertiary/aromatic N) is 1. The van der Waals surface area contributed by atoms with E-state index in [-0.39, 0.29) is 6.09 Å². The largest absolute Gasteiger partial charge is 0.444 e. The van der Waals surface area contributed by atoms with E-state index in [1.165, 1.54) is 12.8 Å². The summed E-state index contributed by atoms with van der Waals surface area (Å²) in [6, 6.07) is 0.803. The van der Waals surface area contributed by atoms with Gasteiger partial charge in [-0.1, -0.05) is 0 Å². The summed E-state index contributed by atoms with van der Waals surface area (Å²) in [5.41, 5.74) is -0.406. The van der Waals surface area contributed by atoms with Crippen LogP contribution in [0.2, 0.25) is 0 Å². The Labute approximate surface area is 97.3 Å². The van der Waals surface area contributed by atoms with Crippen molar-refractivity contribution in [1.29, 1.82) is 0 Å². The lowest BCUT2D eigenvalue weighted by Gasteiger charge is -2.30. The van der Waals surface area contributed by atoms with E-state index >= 15 is 0 Å². The van der Waals surface area contributed by atoms with Crippen LogP contribution in [0.4, 0.5) is 4.79 Å². The standard InChI is InChI=1S/C12H22N2O2/c1-12(2,3)16-11(15)14(4)10-8-5-6-9(10)13-7-8/h8-10,13H,5-7H2,1-4H3/t8-,9-,10-/m1/s1. The smallest absolute Gasteiger partial charge is 0.410 e. The van der Waals surface area contributed by atoms with E-state index in [1.54, 1.807) is 4.90 Å². The molecule has 0 spiro atoms. The number of piperidine rings is 1. The van der Waals surface area contributed by atoms with Gasteiger partial charge < -0.3 is 15.0 Å². The Balaban J connectivity index is 1.97. The summed E-state index contributed by atoms with van der Waals surface area (Å²) in [4.78, 5) is 13.7. The second kappa shape index (κ2) is 3.91. The first-order valence-electron chi connectivity index (χ1n) is 6.08. The fourth-order valence-corrected chi connectivity index (χ4v) is 2.85. The van der Waals surface area contributed by atoms with Gasteiger partial charge in [-0.3, -0.25) is 0 Å². The molecular formula is C12H22N2O2. The van der Waals surface area contributed by atoms with Crippen LogP contribution >= 0.6 is 0 Å². The van der Waals surface area contributed by atoms with E-state index in [1.807, 2.05) is 27.8 Å². The maximum Gasteiger partial charge on any atom is 0.410 e. The summed E-state index contributed by atoms with van der Waals surface area (Å²) in [7, 11) is 1.86. The summed E-state index contributed by atoms with van der Waals surface area (Å²) < 4.78 is 5.40. The van der Waals surface area contributed by atoms with Gasteiger partial charge in [0, 0.05) is 19.6 Å². The third kappa shape index (κ3) is 2.17. The van der Waals surface area contributed by atoms with Crippen molar-refractivity contribution in [2.45, 2.75) is 51.3 Å². The average Bonchev–Trinajstić information content (AvgIpc) is 2.72. The first-order valence-corrected chi connectivity index (χ1v) is 6.08. The van der Waals surface area contributed by atoms with E-state index < -0.39 is 5.60 Å². The summed E-state index contributed by atoms with van der Waals surface area (Å²) in [5, 5.41) is 3.46. The minimum atomic E-state index is -0.406. The van der Waals surface area contributed by atoms with Gasteiger partial charge in [0.2, 0.25) is 0 Å². The molecule has 1 aliphatic carbocycles. The molecule has 4 heteroatoms. The van der Waals surface area contributed by atoms with Crippen molar-refractivity contribution in [3.8, 4) is 0 Å². The minimum Gasteiger partial charge on any atom is -0.444 e. The van der Waals surface area contributed by atoms with Crippen LogP contribution in [-0.2, 0) is 4.74 Å². The highest BCUT2D eigenvalue weighted by Crippen LogP contribution is 2.34. The molecular weight excluding hydrogens is 204 g/mol. The summed E-state index contributed by atoms with van der Waals surface area (Å²) in [6.45, 7) is 6.75. The van der Waals surface area contributed by atoms with Crippen LogP contribution in [-0.4, -0.2) is 42.3 Å². The van der Waals surface area contributed by atoms with Gasteiger partial charge in [-0.25, -0.2) is 4.79 Å². The molecule has 0 aromatic rings. The Morgan fingerprint density at radius 1 is 1.38 bits per heavy atom. The van der Waals surface area contributed by atoms with Crippen molar-refractivity contribution >= 4 is 6.09 Å². The molecule has 0 aromatic heterocycles. The quantitative estimate of drug-likeness (QED) is 0.738. The normalized spacial score (nSPS) is 32.9. The summed E-state index contributed by atoms with van der Waals surface area (Å²) in [6.07, 6.45) is 2.22. The number of fused-ring (bicyclic) bond motifs is 2. The Kier molecular flexibility index (Phi) is 2.86. The van der Waals surface area contributed by atoms with Crippen molar-refractivity contribution in [2.24, 2.45) is 5.92 Å². The van der Waals surface area contributed by atoms with Gasteiger partial charge in [-0.05, 0) is 39.5 Å². The van der Waals surface area contributed by atoms with Crippen LogP contribution in [0.15, 0.2) is 0 Å². The molecule has 0 radical (unpaired) electrons. The molecule has 92 valence electrons. The SMILES string of the molecule is CN(C(=O)OC(C)(C)C)[C@@H]1[C@@H]2CC[C@H]1NC2. The van der Waals surface area contributed by atoms with Gasteiger partial charge in [-0.2, -0.15) is 0 Å². The van der Waals surface area contributed by atoms with Crippen molar-refractivity contribution < 1.29 is 9.53 Å². The number of nitrogens with one attached hydrogen (secondary N) is 1. The van der Waals surface area contributed by atoms with Crippen molar-refractivity contribution in [2.75, 3.05) is 13.6 Å². The maximum atomic E-state index is 11.9. The summed E-state index contributed by atoms with van der Waals surface area (Å²) in [5.74, 6) is 0.613. The van der Waals surface area contributed by atoms with Gasteiger partial charge in [0.1, 0.15) is 5.60 Å². The number of amides is 1. The van der Waals surface area contributed by atoms with Crippen LogP contribution in [0, 0.1) is 5.92 Å². The topological polar surface area (TPSA) is 41.6 Å². The molecule has 3 atom stereocenters. The predicted octanol–water partition coefficient (Wildman–Crippen LogP) is 1.60. The van der Waals surface area contributed by atoms with Crippen molar-refractivity contribution in [1.82, 2.24) is 10.2 Å². The lowest BCUT2D eigenvalue weighted by molar-refractivity contribution is 0.0201. The second-order valence-electron chi connectivity index (χ2n) is 5.93. The molecule has 1 saturated carbocycles. The fourth-order valence-electron chi connectivity index (χ4n) is 2.85. The van der Waals surface area contributed by atoms with Crippen LogP contribution < -0.4 is 5.32 Å². The first-order chi connectivity index (χ1) is 7.38. The molecule has 2 bridgehead atoms. The monoisotopic (exact) mass is 226 g/mol. The Morgan fingerprint density at radius 2 is 2.06 bits per heavy atom. The number of likely N-dealkylation sites (N-methyl/N-ethyl adjacent to an activating group) is 1. The first kappa shape index (κ1) is 11.7. The third-order valence-corrected chi connectivity index (χ3v) is 3.51. The van der Waals surface area contributed by atoms with Gasteiger partial charge in [0.15, 0.2) is 0 Å². The molecule has 1 N–H and O–H groups in total. The zero-order chi connectivity index (χ0) is 11.9. The molecule has 1 amide bonds. The number of hydrogen-bond acceptors (Lipinski definition) is 3. The average molecular weight is 226 g/mol. The number of hydrogen-bond donors (Lipinski definition) is 1. The highest BCUT2D eigenvalue weighted by molar-refractivity contribution is 5.68. The van der Waals surface area contributed by atoms with E-state index in [0.717, 1.165) is 6.54 Å². The number of rotatable bonds is 1. The molecule has 16 heavy (non-hydrogen) atoms. The number of carbonyl (C=O) groups excluding carboxylic acids is 1.